The van der Waals surface area contributed by atoms with E-state index in [0.29, 0.717) is 5.82 Å². The second kappa shape index (κ2) is 7.36. The number of nitrogens with one attached hydrogen (secondary N) is 1. The average molecular weight is 293 g/mol. The Labute approximate surface area is 124 Å². The number of nitrogens with zero attached hydrogens (tertiary/aromatic N) is 2. The molecule has 0 aromatic carbocycles. The van der Waals surface area contributed by atoms with E-state index in [4.69, 9.17) is 9.84 Å². The van der Waals surface area contributed by atoms with Crippen LogP contribution in [0.25, 0.3) is 0 Å². The van der Waals surface area contributed by atoms with Gasteiger partial charge in [0, 0.05) is 20.3 Å². The minimum Gasteiger partial charge on any atom is -0.476 e. The zero-order chi connectivity index (χ0) is 15.1. The quantitative estimate of drug-likeness (QED) is 0.803. The molecule has 0 spiro atoms. The summed E-state index contributed by atoms with van der Waals surface area (Å²) in [6.45, 7) is 1.60. The second-order valence-corrected chi connectivity index (χ2v) is 5.75. The van der Waals surface area contributed by atoms with E-state index < -0.39 is 5.97 Å². The Morgan fingerprint density at radius 3 is 2.67 bits per heavy atom. The maximum Gasteiger partial charge on any atom is 0.356 e. The predicted molar refractivity (Wildman–Crippen MR) is 79.5 cm³/mol. The summed E-state index contributed by atoms with van der Waals surface area (Å²) in [5, 5.41) is 12.1. The lowest BCUT2D eigenvalue weighted by Gasteiger charge is -2.37. The lowest BCUT2D eigenvalue weighted by atomic mass is 9.72. The van der Waals surface area contributed by atoms with E-state index >= 15 is 0 Å². The van der Waals surface area contributed by atoms with Crippen molar-refractivity contribution in [2.24, 2.45) is 5.41 Å². The number of carboxylic acids is 1. The average Bonchev–Trinajstić information content (AvgIpc) is 2.52. The molecule has 0 radical (unpaired) electrons. The summed E-state index contributed by atoms with van der Waals surface area (Å²) >= 11 is 0. The molecule has 0 saturated heterocycles. The molecule has 2 rings (SSSR count). The number of methoxy groups -OCH3 is 1. The van der Waals surface area contributed by atoms with E-state index in [1.807, 2.05) is 0 Å². The third-order valence-corrected chi connectivity index (χ3v) is 4.27. The fourth-order valence-electron chi connectivity index (χ4n) is 2.94. The molecule has 1 aliphatic carbocycles. The minimum atomic E-state index is -1.06. The van der Waals surface area contributed by atoms with E-state index in [0.717, 1.165) is 19.6 Å². The Hall–Kier alpha value is -1.69. The highest BCUT2D eigenvalue weighted by Crippen LogP contribution is 2.39. The van der Waals surface area contributed by atoms with Crippen molar-refractivity contribution in [3.05, 3.63) is 18.1 Å². The normalized spacial score (nSPS) is 17.4. The highest BCUT2D eigenvalue weighted by Gasteiger charge is 2.31. The third kappa shape index (κ3) is 4.39. The number of hydrogen-bond donors (Lipinski definition) is 2. The van der Waals surface area contributed by atoms with Gasteiger partial charge in [0.25, 0.3) is 0 Å². The molecule has 1 aromatic heterocycles. The van der Waals surface area contributed by atoms with Crippen LogP contribution in [0.4, 0.5) is 5.82 Å². The summed E-state index contributed by atoms with van der Waals surface area (Å²) in [5.74, 6) is -0.430. The van der Waals surface area contributed by atoms with Crippen molar-refractivity contribution in [1.82, 2.24) is 9.97 Å². The van der Waals surface area contributed by atoms with E-state index in [1.54, 1.807) is 7.11 Å². The van der Waals surface area contributed by atoms with E-state index in [2.05, 4.69) is 15.3 Å². The minimum absolute atomic E-state index is 0.0349. The molecule has 0 unspecified atom stereocenters. The fourth-order valence-corrected chi connectivity index (χ4v) is 2.94. The molecule has 1 aliphatic rings. The van der Waals surface area contributed by atoms with Gasteiger partial charge in [0.2, 0.25) is 0 Å². The molecule has 6 heteroatoms. The van der Waals surface area contributed by atoms with Crippen LogP contribution in [0.2, 0.25) is 0 Å². The van der Waals surface area contributed by atoms with Gasteiger partial charge in [0.05, 0.1) is 12.4 Å². The second-order valence-electron chi connectivity index (χ2n) is 5.75. The van der Waals surface area contributed by atoms with Crippen LogP contribution in [-0.4, -0.2) is 41.3 Å². The first-order valence-electron chi connectivity index (χ1n) is 7.43. The summed E-state index contributed by atoms with van der Waals surface area (Å²) in [6, 6.07) is 0. The summed E-state index contributed by atoms with van der Waals surface area (Å²) in [7, 11) is 1.74. The molecule has 6 nitrogen and oxygen atoms in total. The lowest BCUT2D eigenvalue weighted by molar-refractivity contribution is 0.0690. The number of carbonyl (C=O) groups is 1. The van der Waals surface area contributed by atoms with Gasteiger partial charge in [0.15, 0.2) is 5.69 Å². The Bertz CT molecular complexity index is 456. The van der Waals surface area contributed by atoms with Crippen LogP contribution >= 0.6 is 0 Å². The first-order valence-corrected chi connectivity index (χ1v) is 7.43. The van der Waals surface area contributed by atoms with Crippen molar-refractivity contribution in [1.29, 1.82) is 0 Å². The molecular weight excluding hydrogens is 270 g/mol. The molecule has 1 fully saturated rings. The summed E-state index contributed by atoms with van der Waals surface area (Å²) in [5.41, 5.74) is 0.217. The van der Waals surface area contributed by atoms with Gasteiger partial charge in [-0.15, -0.1) is 0 Å². The zero-order valence-corrected chi connectivity index (χ0v) is 12.5. The highest BCUT2D eigenvalue weighted by molar-refractivity contribution is 5.84. The van der Waals surface area contributed by atoms with Gasteiger partial charge in [-0.25, -0.2) is 14.8 Å². The SMILES string of the molecule is COCCC1(CNc2cnc(C(=O)O)cn2)CCCCC1. The summed E-state index contributed by atoms with van der Waals surface area (Å²) in [4.78, 5) is 18.7. The standard InChI is InChI=1S/C15H23N3O3/c1-21-8-7-15(5-3-2-4-6-15)11-18-13-10-16-12(9-17-13)14(19)20/h9-10H,2-8,11H2,1H3,(H,17,18)(H,19,20). The van der Waals surface area contributed by atoms with E-state index in [-0.39, 0.29) is 11.1 Å². The van der Waals surface area contributed by atoms with Crippen LogP contribution in [0, 0.1) is 5.41 Å². The van der Waals surface area contributed by atoms with Crippen LogP contribution in [0.1, 0.15) is 49.0 Å². The maximum absolute atomic E-state index is 10.7. The topological polar surface area (TPSA) is 84.3 Å². The van der Waals surface area contributed by atoms with Gasteiger partial charge < -0.3 is 15.2 Å². The molecule has 1 aromatic rings. The smallest absolute Gasteiger partial charge is 0.356 e. The number of carboxylic acid groups (broad SMARTS) is 1. The number of aromatic nitrogens is 2. The van der Waals surface area contributed by atoms with Crippen LogP contribution in [0.15, 0.2) is 12.4 Å². The first kappa shape index (κ1) is 15.7. The number of hydrogen-bond acceptors (Lipinski definition) is 5. The first-order chi connectivity index (χ1) is 10.2. The molecular formula is C15H23N3O3. The van der Waals surface area contributed by atoms with Gasteiger partial charge in [-0.05, 0) is 24.7 Å². The summed E-state index contributed by atoms with van der Waals surface area (Å²) < 4.78 is 5.24. The molecule has 0 atom stereocenters. The largest absolute Gasteiger partial charge is 0.476 e. The van der Waals surface area contributed by atoms with Crippen molar-refractivity contribution in [2.45, 2.75) is 38.5 Å². The molecule has 0 bridgehead atoms. The number of aromatic carboxylic acids is 1. The molecule has 21 heavy (non-hydrogen) atoms. The van der Waals surface area contributed by atoms with Crippen molar-refractivity contribution in [3.8, 4) is 0 Å². The van der Waals surface area contributed by atoms with Crippen LogP contribution in [-0.2, 0) is 4.74 Å². The van der Waals surface area contributed by atoms with Gasteiger partial charge >= 0.3 is 5.97 Å². The van der Waals surface area contributed by atoms with Crippen LogP contribution in [0.3, 0.4) is 0 Å². The Morgan fingerprint density at radius 1 is 1.33 bits per heavy atom. The Kier molecular flexibility index (Phi) is 5.50. The molecule has 0 amide bonds. The molecule has 1 saturated carbocycles. The van der Waals surface area contributed by atoms with Crippen molar-refractivity contribution in [2.75, 3.05) is 25.6 Å². The van der Waals surface area contributed by atoms with E-state index in [1.165, 1.54) is 44.5 Å². The van der Waals surface area contributed by atoms with Gasteiger partial charge in [0.1, 0.15) is 5.82 Å². The van der Waals surface area contributed by atoms with Gasteiger partial charge in [-0.1, -0.05) is 19.3 Å². The fraction of sp³-hybridized carbons (Fsp3) is 0.667. The maximum atomic E-state index is 10.7. The predicted octanol–water partition coefficient (Wildman–Crippen LogP) is 2.57. The highest BCUT2D eigenvalue weighted by atomic mass is 16.5. The van der Waals surface area contributed by atoms with Crippen LogP contribution in [0.5, 0.6) is 0 Å². The molecule has 116 valence electrons. The zero-order valence-electron chi connectivity index (χ0n) is 12.5. The third-order valence-electron chi connectivity index (χ3n) is 4.27. The van der Waals surface area contributed by atoms with Crippen LogP contribution < -0.4 is 5.32 Å². The van der Waals surface area contributed by atoms with Gasteiger partial charge in [-0.3, -0.25) is 0 Å². The molecule has 0 aliphatic heterocycles. The monoisotopic (exact) mass is 293 g/mol. The van der Waals surface area contributed by atoms with Crippen molar-refractivity contribution in [3.63, 3.8) is 0 Å². The number of anilines is 1. The van der Waals surface area contributed by atoms with Gasteiger partial charge in [-0.2, -0.15) is 0 Å². The molecule has 2 N–H and O–H groups in total. The lowest BCUT2D eigenvalue weighted by Crippen LogP contribution is -2.33. The summed E-state index contributed by atoms with van der Waals surface area (Å²) in [6.07, 6.45) is 10.0. The Balaban J connectivity index is 1.95. The Morgan fingerprint density at radius 2 is 2.10 bits per heavy atom. The van der Waals surface area contributed by atoms with Crippen molar-refractivity contribution >= 4 is 11.8 Å². The van der Waals surface area contributed by atoms with Crippen molar-refractivity contribution < 1.29 is 14.6 Å². The number of rotatable bonds is 7. The van der Waals surface area contributed by atoms with E-state index in [9.17, 15) is 4.79 Å². The molecule has 1 heterocycles. The number of ether oxygens (including phenoxy) is 1.